The lowest BCUT2D eigenvalue weighted by atomic mass is 9.89. The average Bonchev–Trinajstić information content (AvgIpc) is 3.06. The molecule has 1 aromatic carbocycles. The van der Waals surface area contributed by atoms with Crippen molar-refractivity contribution in [3.63, 3.8) is 0 Å². The number of unbranched alkanes of at least 4 members (excludes halogenated alkanes) is 1. The molecule has 2 heteroatoms. The third kappa shape index (κ3) is 1.97. The Labute approximate surface area is 101 Å². The zero-order chi connectivity index (χ0) is 12.3. The Morgan fingerprint density at radius 1 is 1.35 bits per heavy atom. The Balaban J connectivity index is 2.13. The van der Waals surface area contributed by atoms with Crippen LogP contribution in [0.25, 0.3) is 0 Å². The summed E-state index contributed by atoms with van der Waals surface area (Å²) in [5.41, 5.74) is 0.963. The van der Waals surface area contributed by atoms with Crippen LogP contribution in [0.15, 0.2) is 42.0 Å². The molecule has 1 unspecified atom stereocenters. The lowest BCUT2D eigenvalue weighted by Gasteiger charge is -2.13. The number of hydrogen-bond acceptors (Lipinski definition) is 1. The maximum atomic E-state index is 11.4. The van der Waals surface area contributed by atoms with Gasteiger partial charge in [0.15, 0.2) is 0 Å². The van der Waals surface area contributed by atoms with Crippen molar-refractivity contribution in [1.82, 2.24) is 0 Å². The van der Waals surface area contributed by atoms with Crippen LogP contribution in [0.1, 0.15) is 24.8 Å². The van der Waals surface area contributed by atoms with Gasteiger partial charge in [0.1, 0.15) is 5.41 Å². The lowest BCUT2D eigenvalue weighted by molar-refractivity contribution is -0.139. The van der Waals surface area contributed by atoms with Crippen molar-refractivity contribution < 1.29 is 9.90 Å². The molecule has 0 aliphatic heterocycles. The fraction of sp³-hybridized carbons (Fsp3) is 0.267. The topological polar surface area (TPSA) is 37.3 Å². The highest BCUT2D eigenvalue weighted by Gasteiger charge is 2.51. The molecule has 1 aliphatic rings. The van der Waals surface area contributed by atoms with E-state index in [-0.39, 0.29) is 0 Å². The van der Waals surface area contributed by atoms with E-state index in [9.17, 15) is 9.90 Å². The van der Waals surface area contributed by atoms with Gasteiger partial charge in [0.25, 0.3) is 0 Å². The van der Waals surface area contributed by atoms with Crippen LogP contribution in [0.5, 0.6) is 0 Å². The van der Waals surface area contributed by atoms with Gasteiger partial charge in [-0.2, -0.15) is 0 Å². The second kappa shape index (κ2) is 4.47. The third-order valence-electron chi connectivity index (χ3n) is 3.15. The molecule has 0 saturated carbocycles. The van der Waals surface area contributed by atoms with Crippen LogP contribution in [0, 0.1) is 12.3 Å². The van der Waals surface area contributed by atoms with E-state index in [1.54, 1.807) is 0 Å². The molecule has 0 heterocycles. The average molecular weight is 226 g/mol. The van der Waals surface area contributed by atoms with E-state index in [0.717, 1.165) is 24.0 Å². The molecule has 0 spiro atoms. The fourth-order valence-corrected chi connectivity index (χ4v) is 2.17. The molecule has 1 aliphatic carbocycles. The van der Waals surface area contributed by atoms with Crippen LogP contribution in [0.3, 0.4) is 0 Å². The van der Waals surface area contributed by atoms with Gasteiger partial charge in [-0.05, 0) is 24.0 Å². The Bertz CT molecular complexity index is 493. The highest BCUT2D eigenvalue weighted by molar-refractivity contribution is 5.94. The van der Waals surface area contributed by atoms with E-state index < -0.39 is 11.4 Å². The Kier molecular flexibility index (Phi) is 3.01. The quantitative estimate of drug-likeness (QED) is 0.476. The van der Waals surface area contributed by atoms with Gasteiger partial charge in [0.2, 0.25) is 0 Å². The largest absolute Gasteiger partial charge is 0.480 e. The second-order valence-corrected chi connectivity index (χ2v) is 4.21. The molecule has 1 aromatic rings. The van der Waals surface area contributed by atoms with Crippen molar-refractivity contribution in [1.29, 1.82) is 0 Å². The fourth-order valence-electron chi connectivity index (χ4n) is 2.17. The van der Waals surface area contributed by atoms with Crippen LogP contribution < -0.4 is 0 Å². The van der Waals surface area contributed by atoms with Crippen molar-refractivity contribution in [3.8, 4) is 12.3 Å². The van der Waals surface area contributed by atoms with Crippen molar-refractivity contribution in [2.75, 3.05) is 0 Å². The van der Waals surface area contributed by atoms with Gasteiger partial charge in [-0.15, -0.1) is 12.3 Å². The molecule has 0 radical (unpaired) electrons. The number of benzene rings is 1. The van der Waals surface area contributed by atoms with E-state index in [2.05, 4.69) is 5.92 Å². The normalized spacial score (nSPS) is 21.5. The predicted molar refractivity (Wildman–Crippen MR) is 66.5 cm³/mol. The molecule has 1 atom stereocenters. The number of aliphatic carboxylic acids is 1. The van der Waals surface area contributed by atoms with Crippen molar-refractivity contribution in [2.45, 2.75) is 24.7 Å². The summed E-state index contributed by atoms with van der Waals surface area (Å²) >= 11 is 0. The summed E-state index contributed by atoms with van der Waals surface area (Å²) in [5.74, 6) is 1.78. The SMILES string of the molecule is C#CCCCC1=CC1(C(=O)O)c1ccccc1. The highest BCUT2D eigenvalue weighted by Crippen LogP contribution is 2.49. The molecule has 17 heavy (non-hydrogen) atoms. The first-order valence-corrected chi connectivity index (χ1v) is 5.66. The maximum absolute atomic E-state index is 11.4. The Morgan fingerprint density at radius 2 is 2.06 bits per heavy atom. The van der Waals surface area contributed by atoms with Gasteiger partial charge in [0, 0.05) is 6.42 Å². The minimum Gasteiger partial charge on any atom is -0.480 e. The predicted octanol–water partition coefficient (Wildman–Crippen LogP) is 2.75. The molecular formula is C15H14O2. The van der Waals surface area contributed by atoms with Crippen LogP contribution in [-0.4, -0.2) is 11.1 Å². The van der Waals surface area contributed by atoms with Crippen molar-refractivity contribution in [2.24, 2.45) is 0 Å². The molecule has 0 bridgehead atoms. The van der Waals surface area contributed by atoms with Gasteiger partial charge in [-0.25, -0.2) is 0 Å². The van der Waals surface area contributed by atoms with Gasteiger partial charge in [-0.3, -0.25) is 4.79 Å². The molecule has 1 N–H and O–H groups in total. The summed E-state index contributed by atoms with van der Waals surface area (Å²) in [6.07, 6.45) is 9.34. The van der Waals surface area contributed by atoms with Crippen LogP contribution in [0.2, 0.25) is 0 Å². The molecular weight excluding hydrogens is 212 g/mol. The van der Waals surface area contributed by atoms with E-state index in [1.165, 1.54) is 0 Å². The Hall–Kier alpha value is -2.01. The number of carbonyl (C=O) groups is 1. The van der Waals surface area contributed by atoms with Gasteiger partial charge >= 0.3 is 5.97 Å². The first-order valence-electron chi connectivity index (χ1n) is 5.66. The standard InChI is InChI=1S/C15H14O2/c1-2-3-5-10-13-11-15(13,14(16)17)12-8-6-4-7-9-12/h1,4,6-9,11H,3,5,10H2,(H,16,17). The Morgan fingerprint density at radius 3 is 2.65 bits per heavy atom. The molecule has 0 fully saturated rings. The number of carboxylic acids is 1. The highest BCUT2D eigenvalue weighted by atomic mass is 16.4. The number of carboxylic acid groups (broad SMARTS) is 1. The number of hydrogen-bond donors (Lipinski definition) is 1. The molecule has 0 aromatic heterocycles. The summed E-state index contributed by atoms with van der Waals surface area (Å²) < 4.78 is 0. The van der Waals surface area contributed by atoms with Crippen molar-refractivity contribution >= 4 is 5.97 Å². The molecule has 0 amide bonds. The first-order chi connectivity index (χ1) is 8.21. The number of terminal acetylenes is 1. The van der Waals surface area contributed by atoms with E-state index in [0.29, 0.717) is 6.42 Å². The monoisotopic (exact) mass is 226 g/mol. The van der Waals surface area contributed by atoms with E-state index >= 15 is 0 Å². The molecule has 2 rings (SSSR count). The minimum atomic E-state index is -0.851. The zero-order valence-corrected chi connectivity index (χ0v) is 9.52. The van der Waals surface area contributed by atoms with E-state index in [4.69, 9.17) is 6.42 Å². The van der Waals surface area contributed by atoms with Crippen LogP contribution in [0.4, 0.5) is 0 Å². The van der Waals surface area contributed by atoms with Gasteiger partial charge < -0.3 is 5.11 Å². The zero-order valence-electron chi connectivity index (χ0n) is 9.52. The summed E-state index contributed by atoms with van der Waals surface area (Å²) in [6, 6.07) is 9.34. The second-order valence-electron chi connectivity index (χ2n) is 4.21. The summed E-state index contributed by atoms with van der Waals surface area (Å²) in [7, 11) is 0. The molecule has 0 saturated heterocycles. The minimum absolute atomic E-state index is 0.696. The smallest absolute Gasteiger partial charge is 0.322 e. The summed E-state index contributed by atoms with van der Waals surface area (Å²) in [5, 5.41) is 9.39. The van der Waals surface area contributed by atoms with Gasteiger partial charge in [0.05, 0.1) is 0 Å². The molecule has 86 valence electrons. The summed E-state index contributed by atoms with van der Waals surface area (Å²) in [4.78, 5) is 11.4. The lowest BCUT2D eigenvalue weighted by Crippen LogP contribution is -2.23. The van der Waals surface area contributed by atoms with Crippen LogP contribution >= 0.6 is 0 Å². The maximum Gasteiger partial charge on any atom is 0.322 e. The molecule has 2 nitrogen and oxygen atoms in total. The number of rotatable bonds is 5. The van der Waals surface area contributed by atoms with E-state index in [1.807, 2.05) is 36.4 Å². The first kappa shape index (κ1) is 11.5. The van der Waals surface area contributed by atoms with Crippen molar-refractivity contribution in [3.05, 3.63) is 47.5 Å². The van der Waals surface area contributed by atoms with Crippen LogP contribution in [-0.2, 0) is 10.2 Å². The summed E-state index contributed by atoms with van der Waals surface area (Å²) in [6.45, 7) is 0. The third-order valence-corrected chi connectivity index (χ3v) is 3.15. The van der Waals surface area contributed by atoms with Gasteiger partial charge in [-0.1, -0.05) is 36.4 Å².